The summed E-state index contributed by atoms with van der Waals surface area (Å²) >= 11 is 3.45. The second kappa shape index (κ2) is 7.04. The highest BCUT2D eigenvalue weighted by molar-refractivity contribution is 9.10. The van der Waals surface area contributed by atoms with Crippen LogP contribution >= 0.6 is 15.9 Å². The van der Waals surface area contributed by atoms with E-state index < -0.39 is 0 Å². The van der Waals surface area contributed by atoms with Crippen molar-refractivity contribution in [1.82, 2.24) is 20.1 Å². The molecule has 1 N–H and O–H groups in total. The molecular formula is C15H21BrN4O. The van der Waals surface area contributed by atoms with Crippen LogP contribution in [0.5, 0.6) is 11.6 Å². The van der Waals surface area contributed by atoms with Gasteiger partial charge in [-0.05, 0) is 35.8 Å². The molecule has 0 radical (unpaired) electrons. The zero-order valence-corrected chi connectivity index (χ0v) is 14.4. The summed E-state index contributed by atoms with van der Waals surface area (Å²) in [4.78, 5) is 4.36. The fraction of sp³-hybridized carbons (Fsp3) is 0.467. The first-order valence-electron chi connectivity index (χ1n) is 7.05. The molecule has 0 atom stereocenters. The van der Waals surface area contributed by atoms with Gasteiger partial charge in [-0.3, -0.25) is 4.68 Å². The predicted molar refractivity (Wildman–Crippen MR) is 86.6 cm³/mol. The molecule has 2 aromatic heterocycles. The maximum absolute atomic E-state index is 5.87. The summed E-state index contributed by atoms with van der Waals surface area (Å²) in [7, 11) is 0. The highest BCUT2D eigenvalue weighted by Gasteiger charge is 2.10. The molecule has 114 valence electrons. The molecule has 6 heteroatoms. The monoisotopic (exact) mass is 352 g/mol. The lowest BCUT2D eigenvalue weighted by molar-refractivity contribution is 0.447. The van der Waals surface area contributed by atoms with E-state index in [0.717, 1.165) is 10.0 Å². The third-order valence-corrected chi connectivity index (χ3v) is 3.35. The van der Waals surface area contributed by atoms with Crippen molar-refractivity contribution in [2.24, 2.45) is 0 Å². The van der Waals surface area contributed by atoms with Crippen molar-refractivity contribution in [3.8, 4) is 11.6 Å². The molecule has 2 aromatic rings. The van der Waals surface area contributed by atoms with Crippen LogP contribution in [0.4, 0.5) is 0 Å². The van der Waals surface area contributed by atoms with Crippen molar-refractivity contribution in [3.05, 3.63) is 34.7 Å². The Morgan fingerprint density at radius 1 is 1.29 bits per heavy atom. The first kappa shape index (κ1) is 16.0. The number of aromatic nitrogens is 3. The number of halogens is 1. The summed E-state index contributed by atoms with van der Waals surface area (Å²) in [6, 6.07) is 2.73. The first-order valence-corrected chi connectivity index (χ1v) is 7.85. The van der Waals surface area contributed by atoms with E-state index in [2.05, 4.69) is 59.0 Å². The van der Waals surface area contributed by atoms with Crippen molar-refractivity contribution in [3.63, 3.8) is 0 Å². The Morgan fingerprint density at radius 2 is 2.05 bits per heavy atom. The molecule has 0 saturated heterocycles. The lowest BCUT2D eigenvalue weighted by Crippen LogP contribution is -2.22. The van der Waals surface area contributed by atoms with Crippen LogP contribution in [-0.4, -0.2) is 20.8 Å². The van der Waals surface area contributed by atoms with Crippen molar-refractivity contribution in [2.75, 3.05) is 0 Å². The van der Waals surface area contributed by atoms with Crippen LogP contribution in [0, 0.1) is 0 Å². The van der Waals surface area contributed by atoms with Gasteiger partial charge in [0.05, 0.1) is 12.4 Å². The molecule has 0 fully saturated rings. The van der Waals surface area contributed by atoms with E-state index in [9.17, 15) is 0 Å². The number of nitrogens with one attached hydrogen (secondary N) is 1. The standard InChI is InChI=1S/C15H21BrN4O/c1-10(2)17-6-12-5-13(16)7-18-15(12)21-14-8-19-20(9-14)11(3)4/h5,7-11,17H,6H2,1-4H3. The fourth-order valence-corrected chi connectivity index (χ4v) is 2.15. The number of hydrogen-bond donors (Lipinski definition) is 1. The van der Waals surface area contributed by atoms with E-state index in [1.54, 1.807) is 12.4 Å². The number of hydrogen-bond acceptors (Lipinski definition) is 4. The average Bonchev–Trinajstić information content (AvgIpc) is 2.87. The third-order valence-electron chi connectivity index (χ3n) is 2.91. The maximum Gasteiger partial charge on any atom is 0.223 e. The Labute approximate surface area is 133 Å². The smallest absolute Gasteiger partial charge is 0.223 e. The van der Waals surface area contributed by atoms with Gasteiger partial charge in [-0.1, -0.05) is 13.8 Å². The quantitative estimate of drug-likeness (QED) is 0.856. The molecule has 21 heavy (non-hydrogen) atoms. The van der Waals surface area contributed by atoms with Gasteiger partial charge >= 0.3 is 0 Å². The van der Waals surface area contributed by atoms with Crippen LogP contribution in [0.3, 0.4) is 0 Å². The predicted octanol–water partition coefficient (Wildman–Crippen LogP) is 3.91. The lowest BCUT2D eigenvalue weighted by atomic mass is 10.2. The highest BCUT2D eigenvalue weighted by Crippen LogP contribution is 2.25. The number of pyridine rings is 1. The van der Waals surface area contributed by atoms with Gasteiger partial charge in [-0.2, -0.15) is 5.10 Å². The average molecular weight is 353 g/mol. The van der Waals surface area contributed by atoms with Crippen LogP contribution in [0.1, 0.15) is 39.3 Å². The van der Waals surface area contributed by atoms with Crippen molar-refractivity contribution in [2.45, 2.75) is 46.3 Å². The minimum absolute atomic E-state index is 0.308. The summed E-state index contributed by atoms with van der Waals surface area (Å²) in [5.41, 5.74) is 1.01. The SMILES string of the molecule is CC(C)NCc1cc(Br)cnc1Oc1cnn(C(C)C)c1. The van der Waals surface area contributed by atoms with Crippen LogP contribution in [-0.2, 0) is 6.54 Å². The molecule has 0 aliphatic rings. The normalized spacial score (nSPS) is 11.4. The molecule has 0 unspecified atom stereocenters. The van der Waals surface area contributed by atoms with Gasteiger partial charge in [-0.25, -0.2) is 4.98 Å². The molecule has 0 amide bonds. The van der Waals surface area contributed by atoms with Crippen molar-refractivity contribution in [1.29, 1.82) is 0 Å². The maximum atomic E-state index is 5.87. The zero-order valence-electron chi connectivity index (χ0n) is 12.8. The van der Waals surface area contributed by atoms with E-state index in [1.165, 1.54) is 0 Å². The molecule has 5 nitrogen and oxygen atoms in total. The van der Waals surface area contributed by atoms with Gasteiger partial charge in [0, 0.05) is 34.9 Å². The minimum Gasteiger partial charge on any atom is -0.435 e. The molecule has 0 aliphatic heterocycles. The Balaban J connectivity index is 2.17. The van der Waals surface area contributed by atoms with Gasteiger partial charge in [0.25, 0.3) is 0 Å². The minimum atomic E-state index is 0.308. The van der Waals surface area contributed by atoms with Crippen LogP contribution < -0.4 is 10.1 Å². The zero-order chi connectivity index (χ0) is 15.4. The molecular weight excluding hydrogens is 332 g/mol. The van der Waals surface area contributed by atoms with Gasteiger partial charge in [0.1, 0.15) is 0 Å². The van der Waals surface area contributed by atoms with Crippen LogP contribution in [0.25, 0.3) is 0 Å². The largest absolute Gasteiger partial charge is 0.435 e. The summed E-state index contributed by atoms with van der Waals surface area (Å²) in [6.45, 7) is 9.08. The van der Waals surface area contributed by atoms with Crippen LogP contribution in [0.2, 0.25) is 0 Å². The van der Waals surface area contributed by atoms with Crippen molar-refractivity contribution >= 4 is 15.9 Å². The number of nitrogens with zero attached hydrogens (tertiary/aromatic N) is 3. The van der Waals surface area contributed by atoms with Crippen LogP contribution in [0.15, 0.2) is 29.1 Å². The van der Waals surface area contributed by atoms with E-state index in [4.69, 9.17) is 4.74 Å². The van der Waals surface area contributed by atoms with Gasteiger partial charge in [0.15, 0.2) is 5.75 Å². The van der Waals surface area contributed by atoms with E-state index in [1.807, 2.05) is 16.9 Å². The Morgan fingerprint density at radius 3 is 2.67 bits per heavy atom. The molecule has 2 heterocycles. The molecule has 0 bridgehead atoms. The van der Waals surface area contributed by atoms with Gasteiger partial charge in [-0.15, -0.1) is 0 Å². The molecule has 2 rings (SSSR count). The second-order valence-electron chi connectivity index (χ2n) is 5.51. The Hall–Kier alpha value is -1.40. The van der Waals surface area contributed by atoms with E-state index in [-0.39, 0.29) is 0 Å². The topological polar surface area (TPSA) is 52.0 Å². The summed E-state index contributed by atoms with van der Waals surface area (Å²) in [5.74, 6) is 1.30. The Kier molecular flexibility index (Phi) is 5.36. The lowest BCUT2D eigenvalue weighted by Gasteiger charge is -2.12. The highest BCUT2D eigenvalue weighted by atomic mass is 79.9. The Bertz CT molecular complexity index is 595. The van der Waals surface area contributed by atoms with Crippen molar-refractivity contribution < 1.29 is 4.74 Å². The second-order valence-corrected chi connectivity index (χ2v) is 6.42. The summed E-state index contributed by atoms with van der Waals surface area (Å²) < 4.78 is 8.67. The van der Waals surface area contributed by atoms with Gasteiger partial charge in [0.2, 0.25) is 5.88 Å². The first-order chi connectivity index (χ1) is 9.95. The fourth-order valence-electron chi connectivity index (χ4n) is 1.77. The third kappa shape index (κ3) is 4.54. The molecule has 0 spiro atoms. The number of ether oxygens (including phenoxy) is 1. The molecule has 0 saturated carbocycles. The summed E-state index contributed by atoms with van der Waals surface area (Å²) in [6.07, 6.45) is 5.33. The summed E-state index contributed by atoms with van der Waals surface area (Å²) in [5, 5.41) is 7.65. The van der Waals surface area contributed by atoms with E-state index in [0.29, 0.717) is 30.3 Å². The van der Waals surface area contributed by atoms with Gasteiger partial charge < -0.3 is 10.1 Å². The van der Waals surface area contributed by atoms with E-state index >= 15 is 0 Å². The molecule has 0 aromatic carbocycles. The molecule has 0 aliphatic carbocycles. The number of rotatable bonds is 6.